The Kier molecular flexibility index (Phi) is 6.02. The highest BCUT2D eigenvalue weighted by Crippen LogP contribution is 2.61. The fourth-order valence-electron chi connectivity index (χ4n) is 8.27. The number of aromatic nitrogens is 2. The normalized spacial score (nSPS) is 26.4. The first kappa shape index (κ1) is 23.5. The van der Waals surface area contributed by atoms with Gasteiger partial charge in [0.1, 0.15) is 5.82 Å². The van der Waals surface area contributed by atoms with Gasteiger partial charge in [0.05, 0.1) is 11.3 Å². The molecule has 0 atom stereocenters. The molecule has 4 saturated carbocycles. The second-order valence-corrected chi connectivity index (χ2v) is 12.1. The van der Waals surface area contributed by atoms with E-state index in [1.807, 2.05) is 18.2 Å². The number of hydrogen-bond donors (Lipinski definition) is 1. The number of carboxylic acid groups (broad SMARTS) is 1. The van der Waals surface area contributed by atoms with Gasteiger partial charge in [0, 0.05) is 18.3 Å². The van der Waals surface area contributed by atoms with Gasteiger partial charge in [0.25, 0.3) is 0 Å². The molecule has 3 aromatic rings. The predicted octanol–water partition coefficient (Wildman–Crippen LogP) is 7.03. The molecule has 0 spiro atoms. The van der Waals surface area contributed by atoms with Gasteiger partial charge >= 0.3 is 5.97 Å². The Morgan fingerprint density at radius 3 is 2.33 bits per heavy atom. The lowest BCUT2D eigenvalue weighted by atomic mass is 9.48. The number of imidazole rings is 1. The van der Waals surface area contributed by atoms with Crippen LogP contribution >= 0.6 is 0 Å². The first-order valence-electron chi connectivity index (χ1n) is 13.8. The number of benzene rings is 2. The molecule has 0 amide bonds. The molecule has 188 valence electrons. The largest absolute Gasteiger partial charge is 0.478 e. The Morgan fingerprint density at radius 2 is 1.67 bits per heavy atom. The standard InChI is InChI=1S/C32H38N2O2/c1-21-6-3-4-9-27(21)30-33-28(12-13-32-18-23-14-24(19-32)16-25(15-23)20-32)29(34(30)2)11-10-22-7-5-8-26(17-22)31(35)36/h3-9,17,23-25H,10-16,18-20H2,1-2H3,(H,35,36). The van der Waals surface area contributed by atoms with Crippen molar-refractivity contribution in [3.8, 4) is 11.4 Å². The molecule has 1 heterocycles. The molecule has 4 aliphatic carbocycles. The van der Waals surface area contributed by atoms with Crippen LogP contribution in [0.3, 0.4) is 0 Å². The molecular formula is C32H38N2O2. The lowest BCUT2D eigenvalue weighted by Gasteiger charge is -2.57. The number of aryl methyl sites for hydroxylation is 3. The molecule has 2 aromatic carbocycles. The van der Waals surface area contributed by atoms with Crippen molar-refractivity contribution in [2.24, 2.45) is 30.2 Å². The van der Waals surface area contributed by atoms with E-state index >= 15 is 0 Å². The average molecular weight is 483 g/mol. The van der Waals surface area contributed by atoms with Crippen LogP contribution in [-0.4, -0.2) is 20.6 Å². The molecule has 36 heavy (non-hydrogen) atoms. The highest BCUT2D eigenvalue weighted by molar-refractivity contribution is 5.87. The highest BCUT2D eigenvalue weighted by Gasteiger charge is 2.50. The summed E-state index contributed by atoms with van der Waals surface area (Å²) in [6, 6.07) is 15.9. The van der Waals surface area contributed by atoms with Gasteiger partial charge in [-0.2, -0.15) is 0 Å². The molecule has 1 aromatic heterocycles. The SMILES string of the molecule is Cc1ccccc1-c1nc(CCC23CC4CC(CC(C4)C2)C3)c(CCc2cccc(C(=O)O)c2)n1C. The minimum Gasteiger partial charge on any atom is -0.478 e. The lowest BCUT2D eigenvalue weighted by molar-refractivity contribution is -0.0570. The second-order valence-electron chi connectivity index (χ2n) is 12.1. The second kappa shape index (κ2) is 9.21. The molecule has 4 bridgehead atoms. The van der Waals surface area contributed by atoms with Gasteiger partial charge in [-0.3, -0.25) is 0 Å². The van der Waals surface area contributed by atoms with Crippen molar-refractivity contribution in [3.05, 3.63) is 76.6 Å². The zero-order chi connectivity index (χ0) is 24.9. The summed E-state index contributed by atoms with van der Waals surface area (Å²) in [5.74, 6) is 3.12. The van der Waals surface area contributed by atoms with Crippen molar-refractivity contribution in [3.63, 3.8) is 0 Å². The molecule has 4 fully saturated rings. The van der Waals surface area contributed by atoms with E-state index in [0.717, 1.165) is 48.4 Å². The van der Waals surface area contributed by atoms with Crippen molar-refractivity contribution >= 4 is 5.97 Å². The lowest BCUT2D eigenvalue weighted by Crippen LogP contribution is -2.46. The third-order valence-corrected chi connectivity index (χ3v) is 9.56. The Labute approximate surface area is 214 Å². The summed E-state index contributed by atoms with van der Waals surface area (Å²) in [6.07, 6.45) is 12.8. The third-order valence-electron chi connectivity index (χ3n) is 9.56. The van der Waals surface area contributed by atoms with E-state index in [2.05, 4.69) is 42.8 Å². The summed E-state index contributed by atoms with van der Waals surface area (Å²) in [5, 5.41) is 9.41. The molecule has 0 unspecified atom stereocenters. The maximum Gasteiger partial charge on any atom is 0.335 e. The third kappa shape index (κ3) is 4.40. The molecule has 4 nitrogen and oxygen atoms in total. The van der Waals surface area contributed by atoms with Crippen molar-refractivity contribution in [2.45, 2.75) is 71.1 Å². The summed E-state index contributed by atoms with van der Waals surface area (Å²) in [4.78, 5) is 16.7. The number of carboxylic acids is 1. The van der Waals surface area contributed by atoms with Gasteiger partial charge in [0.15, 0.2) is 0 Å². The maximum absolute atomic E-state index is 11.5. The van der Waals surface area contributed by atoms with E-state index in [9.17, 15) is 9.90 Å². The van der Waals surface area contributed by atoms with E-state index in [1.54, 1.807) is 6.07 Å². The molecule has 7 rings (SSSR count). The van der Waals surface area contributed by atoms with Crippen molar-refractivity contribution < 1.29 is 9.90 Å². The monoisotopic (exact) mass is 482 g/mol. The van der Waals surface area contributed by atoms with Crippen LogP contribution in [0, 0.1) is 30.1 Å². The van der Waals surface area contributed by atoms with Crippen LogP contribution in [0.1, 0.15) is 77.8 Å². The van der Waals surface area contributed by atoms with E-state index in [4.69, 9.17) is 4.98 Å². The van der Waals surface area contributed by atoms with Gasteiger partial charge in [-0.25, -0.2) is 9.78 Å². The Morgan fingerprint density at radius 1 is 0.972 bits per heavy atom. The summed E-state index contributed by atoms with van der Waals surface area (Å²) in [5.41, 5.74) is 6.98. The van der Waals surface area contributed by atoms with Crippen LogP contribution in [0.25, 0.3) is 11.4 Å². The molecule has 0 aliphatic heterocycles. The van der Waals surface area contributed by atoms with Crippen LogP contribution in [0.2, 0.25) is 0 Å². The Hall–Kier alpha value is -2.88. The van der Waals surface area contributed by atoms with E-state index in [-0.39, 0.29) is 0 Å². The fraction of sp³-hybridized carbons (Fsp3) is 0.500. The van der Waals surface area contributed by atoms with Crippen LogP contribution < -0.4 is 0 Å². The topological polar surface area (TPSA) is 55.1 Å². The van der Waals surface area contributed by atoms with E-state index in [0.29, 0.717) is 11.0 Å². The van der Waals surface area contributed by atoms with Crippen molar-refractivity contribution in [2.75, 3.05) is 0 Å². The number of nitrogens with zero attached hydrogens (tertiary/aromatic N) is 2. The van der Waals surface area contributed by atoms with Crippen molar-refractivity contribution in [1.29, 1.82) is 0 Å². The molecule has 0 saturated heterocycles. The summed E-state index contributed by atoms with van der Waals surface area (Å²) >= 11 is 0. The summed E-state index contributed by atoms with van der Waals surface area (Å²) in [7, 11) is 2.16. The van der Waals surface area contributed by atoms with E-state index in [1.165, 1.54) is 67.5 Å². The minimum atomic E-state index is -0.865. The summed E-state index contributed by atoms with van der Waals surface area (Å²) < 4.78 is 2.30. The fourth-order valence-corrected chi connectivity index (χ4v) is 8.27. The van der Waals surface area contributed by atoms with Crippen LogP contribution in [0.4, 0.5) is 0 Å². The Balaban J connectivity index is 1.28. The molecule has 4 heteroatoms. The number of aromatic carboxylic acids is 1. The van der Waals surface area contributed by atoms with Crippen LogP contribution in [-0.2, 0) is 26.3 Å². The predicted molar refractivity (Wildman–Crippen MR) is 143 cm³/mol. The van der Waals surface area contributed by atoms with Gasteiger partial charge < -0.3 is 9.67 Å². The smallest absolute Gasteiger partial charge is 0.335 e. The quantitative estimate of drug-likeness (QED) is 0.375. The molecular weight excluding hydrogens is 444 g/mol. The van der Waals surface area contributed by atoms with Gasteiger partial charge in [0.2, 0.25) is 0 Å². The number of hydrogen-bond acceptors (Lipinski definition) is 2. The minimum absolute atomic E-state index is 0.361. The number of carbonyl (C=O) groups is 1. The van der Waals surface area contributed by atoms with Crippen molar-refractivity contribution in [1.82, 2.24) is 9.55 Å². The van der Waals surface area contributed by atoms with Gasteiger partial charge in [-0.05, 0) is 118 Å². The van der Waals surface area contributed by atoms with Crippen LogP contribution in [0.15, 0.2) is 48.5 Å². The zero-order valence-electron chi connectivity index (χ0n) is 21.7. The number of rotatable bonds is 8. The highest BCUT2D eigenvalue weighted by atomic mass is 16.4. The summed E-state index contributed by atoms with van der Waals surface area (Å²) in [6.45, 7) is 2.16. The average Bonchev–Trinajstić information content (AvgIpc) is 3.16. The van der Waals surface area contributed by atoms with Gasteiger partial charge in [-0.15, -0.1) is 0 Å². The molecule has 0 radical (unpaired) electrons. The first-order valence-corrected chi connectivity index (χ1v) is 13.8. The maximum atomic E-state index is 11.5. The Bertz CT molecular complexity index is 1250. The van der Waals surface area contributed by atoms with Crippen LogP contribution in [0.5, 0.6) is 0 Å². The van der Waals surface area contributed by atoms with E-state index < -0.39 is 5.97 Å². The molecule has 4 aliphatic rings. The first-order chi connectivity index (χ1) is 17.4. The molecule has 1 N–H and O–H groups in total. The zero-order valence-corrected chi connectivity index (χ0v) is 21.7. The van der Waals surface area contributed by atoms with Gasteiger partial charge in [-0.1, -0.05) is 36.4 Å².